The summed E-state index contributed by atoms with van der Waals surface area (Å²) in [6, 6.07) is 0.124. The molecule has 0 bridgehead atoms. The maximum absolute atomic E-state index is 11.1. The summed E-state index contributed by atoms with van der Waals surface area (Å²) in [6.07, 6.45) is 0.871. The summed E-state index contributed by atoms with van der Waals surface area (Å²) in [5, 5.41) is 2.67. The van der Waals surface area contributed by atoms with Gasteiger partial charge in [-0.15, -0.1) is 0 Å². The molecule has 0 aromatic rings. The first-order valence-electron chi connectivity index (χ1n) is 3.56. The van der Waals surface area contributed by atoms with Crippen LogP contribution in [0.4, 0.5) is 0 Å². The van der Waals surface area contributed by atoms with E-state index in [1.54, 1.807) is 0 Å². The summed E-state index contributed by atoms with van der Waals surface area (Å²) in [7, 11) is 0. The van der Waals surface area contributed by atoms with Crippen LogP contribution in [0.15, 0.2) is 0 Å². The van der Waals surface area contributed by atoms with Gasteiger partial charge in [0.15, 0.2) is 4.33 Å². The summed E-state index contributed by atoms with van der Waals surface area (Å²) in [6.45, 7) is 5.33. The van der Waals surface area contributed by atoms with E-state index < -0.39 is 4.33 Å². The van der Waals surface area contributed by atoms with Gasteiger partial charge in [0.05, 0.1) is 0 Å². The molecule has 0 heterocycles. The van der Waals surface area contributed by atoms with Crippen LogP contribution < -0.4 is 5.32 Å². The molecule has 1 N–H and O–H groups in total. The van der Waals surface area contributed by atoms with E-state index in [0.29, 0.717) is 0 Å². The van der Waals surface area contributed by atoms with E-state index in [0.717, 1.165) is 6.42 Å². The Bertz CT molecular complexity index is 142. The minimum atomic E-state index is -1.32. The highest BCUT2D eigenvalue weighted by Gasteiger charge is 2.27. The zero-order valence-electron chi connectivity index (χ0n) is 6.95. The van der Waals surface area contributed by atoms with Crippen LogP contribution in [-0.4, -0.2) is 16.3 Å². The molecular formula is C7H13Cl2NO. The monoisotopic (exact) mass is 197 g/mol. The van der Waals surface area contributed by atoms with Crippen molar-refractivity contribution in [3.63, 3.8) is 0 Å². The van der Waals surface area contributed by atoms with Crippen molar-refractivity contribution in [1.82, 2.24) is 5.32 Å². The van der Waals surface area contributed by atoms with E-state index in [9.17, 15) is 4.79 Å². The van der Waals surface area contributed by atoms with Crippen molar-refractivity contribution in [1.29, 1.82) is 0 Å². The van der Waals surface area contributed by atoms with Crippen LogP contribution in [0.3, 0.4) is 0 Å². The Morgan fingerprint density at radius 3 is 2.36 bits per heavy atom. The maximum Gasteiger partial charge on any atom is 0.256 e. The van der Waals surface area contributed by atoms with E-state index in [1.807, 2.05) is 13.8 Å². The Morgan fingerprint density at radius 1 is 1.64 bits per heavy atom. The van der Waals surface area contributed by atoms with E-state index >= 15 is 0 Å². The zero-order chi connectivity index (χ0) is 9.07. The molecule has 1 amide bonds. The third kappa shape index (κ3) is 4.49. The molecule has 0 saturated carbocycles. The summed E-state index contributed by atoms with van der Waals surface area (Å²) in [5.41, 5.74) is 0. The van der Waals surface area contributed by atoms with Crippen molar-refractivity contribution < 1.29 is 4.79 Å². The molecule has 0 spiro atoms. The van der Waals surface area contributed by atoms with Gasteiger partial charge in [-0.05, 0) is 20.3 Å². The lowest BCUT2D eigenvalue weighted by atomic mass is 10.2. The molecule has 66 valence electrons. The van der Waals surface area contributed by atoms with E-state index in [4.69, 9.17) is 23.2 Å². The third-order valence-electron chi connectivity index (χ3n) is 1.39. The van der Waals surface area contributed by atoms with Crippen LogP contribution in [0.5, 0.6) is 0 Å². The largest absolute Gasteiger partial charge is 0.351 e. The molecule has 11 heavy (non-hydrogen) atoms. The molecule has 0 saturated heterocycles. The van der Waals surface area contributed by atoms with Gasteiger partial charge in [-0.2, -0.15) is 0 Å². The van der Waals surface area contributed by atoms with E-state index in [-0.39, 0.29) is 11.9 Å². The highest BCUT2D eigenvalue weighted by molar-refractivity contribution is 6.57. The Labute approximate surface area is 77.2 Å². The number of carbonyl (C=O) groups is 1. The quantitative estimate of drug-likeness (QED) is 0.691. The van der Waals surface area contributed by atoms with Gasteiger partial charge in [-0.1, -0.05) is 30.1 Å². The fourth-order valence-corrected chi connectivity index (χ4v) is 0.562. The summed E-state index contributed by atoms with van der Waals surface area (Å²) >= 11 is 11.1. The van der Waals surface area contributed by atoms with Crippen molar-refractivity contribution in [2.75, 3.05) is 0 Å². The molecule has 0 radical (unpaired) electrons. The van der Waals surface area contributed by atoms with Crippen LogP contribution in [0.1, 0.15) is 27.2 Å². The number of amides is 1. The molecule has 0 fully saturated rings. The Hall–Kier alpha value is 0.0500. The van der Waals surface area contributed by atoms with Crippen LogP contribution in [0.2, 0.25) is 0 Å². The minimum absolute atomic E-state index is 0.124. The highest BCUT2D eigenvalue weighted by Crippen LogP contribution is 2.19. The topological polar surface area (TPSA) is 29.1 Å². The fourth-order valence-electron chi connectivity index (χ4n) is 0.453. The molecule has 0 aliphatic rings. The van der Waals surface area contributed by atoms with E-state index in [2.05, 4.69) is 5.32 Å². The van der Waals surface area contributed by atoms with Crippen LogP contribution >= 0.6 is 23.2 Å². The lowest BCUT2D eigenvalue weighted by Crippen LogP contribution is -2.41. The number of carbonyl (C=O) groups excluding carboxylic acids is 1. The zero-order valence-corrected chi connectivity index (χ0v) is 8.46. The SMILES string of the molecule is CCC(C)NC(=O)C(C)(Cl)Cl. The molecule has 1 atom stereocenters. The predicted molar refractivity (Wildman–Crippen MR) is 48.0 cm³/mol. The molecule has 1 unspecified atom stereocenters. The standard InChI is InChI=1S/C7H13Cl2NO/c1-4-5(2)10-6(11)7(3,8)9/h5H,4H2,1-3H3,(H,10,11). The lowest BCUT2D eigenvalue weighted by molar-refractivity contribution is -0.122. The number of nitrogens with one attached hydrogen (secondary N) is 1. The van der Waals surface area contributed by atoms with Crippen molar-refractivity contribution in [2.24, 2.45) is 0 Å². The number of rotatable bonds is 3. The summed E-state index contributed by atoms with van der Waals surface area (Å²) in [4.78, 5) is 11.1. The second-order valence-corrected chi connectivity index (χ2v) is 4.38. The smallest absolute Gasteiger partial charge is 0.256 e. The average molecular weight is 198 g/mol. The van der Waals surface area contributed by atoms with Gasteiger partial charge in [0.1, 0.15) is 0 Å². The van der Waals surface area contributed by atoms with Crippen molar-refractivity contribution in [3.8, 4) is 0 Å². The molecule has 0 aromatic heterocycles. The number of halogens is 2. The molecule has 2 nitrogen and oxygen atoms in total. The fraction of sp³-hybridized carbons (Fsp3) is 0.857. The second kappa shape index (κ2) is 4.17. The van der Waals surface area contributed by atoms with Gasteiger partial charge in [-0.25, -0.2) is 0 Å². The van der Waals surface area contributed by atoms with Crippen LogP contribution in [-0.2, 0) is 4.79 Å². The first kappa shape index (κ1) is 11.1. The number of hydrogen-bond acceptors (Lipinski definition) is 1. The van der Waals surface area contributed by atoms with Crippen molar-refractivity contribution in [2.45, 2.75) is 37.6 Å². The maximum atomic E-state index is 11.1. The Morgan fingerprint density at radius 2 is 2.09 bits per heavy atom. The van der Waals surface area contributed by atoms with Gasteiger partial charge in [0.25, 0.3) is 5.91 Å². The van der Waals surface area contributed by atoms with Crippen molar-refractivity contribution >= 4 is 29.1 Å². The molecule has 4 heteroatoms. The summed E-state index contributed by atoms with van der Waals surface area (Å²) in [5.74, 6) is -0.338. The van der Waals surface area contributed by atoms with Gasteiger partial charge in [0, 0.05) is 6.04 Å². The lowest BCUT2D eigenvalue weighted by Gasteiger charge is -2.17. The first-order chi connectivity index (χ1) is 4.88. The van der Waals surface area contributed by atoms with Crippen LogP contribution in [0.25, 0.3) is 0 Å². The third-order valence-corrected chi connectivity index (χ3v) is 1.73. The van der Waals surface area contributed by atoms with Crippen LogP contribution in [0, 0.1) is 0 Å². The van der Waals surface area contributed by atoms with Crippen molar-refractivity contribution in [3.05, 3.63) is 0 Å². The molecule has 0 aliphatic heterocycles. The average Bonchev–Trinajstić information content (AvgIpc) is 1.85. The van der Waals surface area contributed by atoms with Gasteiger partial charge in [0.2, 0.25) is 0 Å². The van der Waals surface area contributed by atoms with Gasteiger partial charge < -0.3 is 5.32 Å². The second-order valence-electron chi connectivity index (χ2n) is 2.67. The van der Waals surface area contributed by atoms with Gasteiger partial charge in [-0.3, -0.25) is 4.79 Å². The normalized spacial score (nSPS) is 14.3. The summed E-state index contributed by atoms with van der Waals surface area (Å²) < 4.78 is -1.32. The minimum Gasteiger partial charge on any atom is -0.351 e. The highest BCUT2D eigenvalue weighted by atomic mass is 35.5. The first-order valence-corrected chi connectivity index (χ1v) is 4.32. The number of hydrogen-bond donors (Lipinski definition) is 1. The molecule has 0 aromatic carbocycles. The molecule has 0 aliphatic carbocycles. The van der Waals surface area contributed by atoms with Gasteiger partial charge >= 0.3 is 0 Å². The Kier molecular flexibility index (Phi) is 4.19. The van der Waals surface area contributed by atoms with E-state index in [1.165, 1.54) is 6.92 Å². The molecular weight excluding hydrogens is 185 g/mol. The number of alkyl halides is 2. The Balaban J connectivity index is 3.88. The predicted octanol–water partition coefficient (Wildman–Crippen LogP) is 2.09. The molecule has 0 rings (SSSR count).